The molecule has 0 saturated heterocycles. The van der Waals surface area contributed by atoms with E-state index in [4.69, 9.17) is 11.6 Å². The second-order valence-corrected chi connectivity index (χ2v) is 7.91. The van der Waals surface area contributed by atoms with Crippen LogP contribution in [0.3, 0.4) is 0 Å². The number of nitrogens with one attached hydrogen (secondary N) is 2. The molecule has 2 heterocycles. The maximum atomic E-state index is 6.09. The first-order chi connectivity index (χ1) is 14.2. The highest BCUT2D eigenvalue weighted by Gasteiger charge is 2.07. The summed E-state index contributed by atoms with van der Waals surface area (Å²) < 4.78 is 0. The summed E-state index contributed by atoms with van der Waals surface area (Å²) in [4.78, 5) is 10.2. The van der Waals surface area contributed by atoms with Gasteiger partial charge in [-0.3, -0.25) is 9.88 Å². The summed E-state index contributed by atoms with van der Waals surface area (Å²) in [6.45, 7) is 6.35. The third-order valence-corrected chi connectivity index (χ3v) is 5.47. The van der Waals surface area contributed by atoms with Crippen LogP contribution >= 0.6 is 11.6 Å². The molecule has 0 bridgehead atoms. The van der Waals surface area contributed by atoms with Crippen LogP contribution in [-0.2, 0) is 6.54 Å². The number of pyridine rings is 1. The van der Waals surface area contributed by atoms with Crippen LogP contribution in [0.15, 0.2) is 60.9 Å². The van der Waals surface area contributed by atoms with Gasteiger partial charge in [0.15, 0.2) is 0 Å². The van der Waals surface area contributed by atoms with E-state index in [0.717, 1.165) is 60.6 Å². The molecule has 2 aromatic heterocycles. The fourth-order valence-corrected chi connectivity index (χ4v) is 4.01. The fourth-order valence-electron chi connectivity index (χ4n) is 3.85. The van der Waals surface area contributed by atoms with Crippen molar-refractivity contribution in [3.8, 4) is 0 Å². The highest BCUT2D eigenvalue weighted by atomic mass is 35.5. The molecule has 29 heavy (non-hydrogen) atoms. The van der Waals surface area contributed by atoms with E-state index in [-0.39, 0.29) is 0 Å². The first kappa shape index (κ1) is 19.7. The number of halogens is 1. The maximum absolute atomic E-state index is 6.09. The van der Waals surface area contributed by atoms with E-state index in [1.807, 2.05) is 36.7 Å². The highest BCUT2D eigenvalue weighted by Crippen LogP contribution is 2.24. The van der Waals surface area contributed by atoms with Crippen LogP contribution < -0.4 is 5.32 Å². The predicted octanol–water partition coefficient (Wildman–Crippen LogP) is 6.08. The molecular weight excluding hydrogens is 380 g/mol. The molecule has 4 aromatic rings. The summed E-state index contributed by atoms with van der Waals surface area (Å²) in [5.41, 5.74) is 4.61. The lowest BCUT2D eigenvalue weighted by atomic mass is 10.1. The minimum absolute atomic E-state index is 0.718. The number of aromatic amines is 1. The Labute approximate surface area is 176 Å². The van der Waals surface area contributed by atoms with Gasteiger partial charge in [0.1, 0.15) is 0 Å². The van der Waals surface area contributed by atoms with Crippen LogP contribution in [0, 0.1) is 0 Å². The molecule has 0 spiro atoms. The molecule has 5 heteroatoms. The minimum Gasteiger partial charge on any atom is -0.384 e. The van der Waals surface area contributed by atoms with E-state index in [1.54, 1.807) is 0 Å². The molecule has 0 radical (unpaired) electrons. The largest absolute Gasteiger partial charge is 0.384 e. The Hall–Kier alpha value is -2.56. The Morgan fingerprint density at radius 3 is 2.90 bits per heavy atom. The molecule has 0 amide bonds. The van der Waals surface area contributed by atoms with Crippen LogP contribution in [0.1, 0.15) is 25.3 Å². The number of nitrogens with zero attached hydrogens (tertiary/aromatic N) is 2. The average Bonchev–Trinajstić information content (AvgIpc) is 3.19. The molecular formula is C24H27ClN4. The van der Waals surface area contributed by atoms with Gasteiger partial charge >= 0.3 is 0 Å². The molecule has 0 aliphatic carbocycles. The molecule has 4 rings (SSSR count). The normalized spacial score (nSPS) is 11.6. The topological polar surface area (TPSA) is 44.0 Å². The summed E-state index contributed by atoms with van der Waals surface area (Å²) >= 11 is 6.09. The summed E-state index contributed by atoms with van der Waals surface area (Å²) in [6, 6.07) is 16.7. The third kappa shape index (κ3) is 4.89. The van der Waals surface area contributed by atoms with Gasteiger partial charge in [0.05, 0.1) is 5.52 Å². The summed E-state index contributed by atoms with van der Waals surface area (Å²) in [5, 5.41) is 6.69. The number of hydrogen-bond acceptors (Lipinski definition) is 3. The predicted molar refractivity (Wildman–Crippen MR) is 124 cm³/mol. The van der Waals surface area contributed by atoms with Gasteiger partial charge in [-0.2, -0.15) is 0 Å². The zero-order valence-corrected chi connectivity index (χ0v) is 17.5. The number of aromatic nitrogens is 2. The van der Waals surface area contributed by atoms with E-state index < -0.39 is 0 Å². The quantitative estimate of drug-likeness (QED) is 0.331. The Balaban J connectivity index is 1.34. The minimum atomic E-state index is 0.718. The molecule has 4 nitrogen and oxygen atoms in total. The molecule has 0 unspecified atom stereocenters. The summed E-state index contributed by atoms with van der Waals surface area (Å²) in [6.07, 6.45) is 6.08. The number of rotatable bonds is 9. The molecule has 0 saturated carbocycles. The Bertz CT molecular complexity index is 1090. The van der Waals surface area contributed by atoms with Crippen molar-refractivity contribution in [3.63, 3.8) is 0 Å². The van der Waals surface area contributed by atoms with Crippen molar-refractivity contribution in [2.24, 2.45) is 0 Å². The van der Waals surface area contributed by atoms with Gasteiger partial charge in [-0.25, -0.2) is 0 Å². The van der Waals surface area contributed by atoms with Crippen LogP contribution in [0.25, 0.3) is 21.8 Å². The van der Waals surface area contributed by atoms with Crippen molar-refractivity contribution in [1.82, 2.24) is 14.9 Å². The van der Waals surface area contributed by atoms with Gasteiger partial charge in [0.2, 0.25) is 0 Å². The number of benzene rings is 2. The summed E-state index contributed by atoms with van der Waals surface area (Å²) in [7, 11) is 0. The lowest BCUT2D eigenvalue weighted by Crippen LogP contribution is -2.26. The van der Waals surface area contributed by atoms with E-state index in [2.05, 4.69) is 51.4 Å². The zero-order valence-electron chi connectivity index (χ0n) is 16.8. The van der Waals surface area contributed by atoms with Gasteiger partial charge < -0.3 is 10.3 Å². The summed E-state index contributed by atoms with van der Waals surface area (Å²) in [5.74, 6) is 0. The number of hydrogen-bond donors (Lipinski definition) is 2. The van der Waals surface area contributed by atoms with Crippen molar-refractivity contribution in [2.75, 3.05) is 25.0 Å². The second kappa shape index (κ2) is 9.29. The Kier molecular flexibility index (Phi) is 6.33. The lowest BCUT2D eigenvalue weighted by Gasteiger charge is -2.22. The van der Waals surface area contributed by atoms with Crippen molar-refractivity contribution in [2.45, 2.75) is 26.3 Å². The second-order valence-electron chi connectivity index (χ2n) is 7.48. The molecule has 2 aromatic carbocycles. The molecule has 0 fully saturated rings. The molecule has 0 aliphatic heterocycles. The van der Waals surface area contributed by atoms with Crippen molar-refractivity contribution >= 4 is 39.1 Å². The zero-order chi connectivity index (χ0) is 20.1. The Morgan fingerprint density at radius 2 is 2.00 bits per heavy atom. The smallest absolute Gasteiger partial charge is 0.0737 e. The van der Waals surface area contributed by atoms with Gasteiger partial charge in [-0.1, -0.05) is 24.6 Å². The lowest BCUT2D eigenvalue weighted by molar-refractivity contribution is 0.265. The van der Waals surface area contributed by atoms with Crippen molar-refractivity contribution < 1.29 is 0 Å². The van der Waals surface area contributed by atoms with Crippen LogP contribution in [0.4, 0.5) is 5.69 Å². The van der Waals surface area contributed by atoms with E-state index in [9.17, 15) is 0 Å². The van der Waals surface area contributed by atoms with Gasteiger partial charge in [-0.15, -0.1) is 0 Å². The van der Waals surface area contributed by atoms with Gasteiger partial charge in [0, 0.05) is 53.6 Å². The maximum Gasteiger partial charge on any atom is 0.0737 e. The first-order valence-corrected chi connectivity index (χ1v) is 10.7. The monoisotopic (exact) mass is 406 g/mol. The third-order valence-electron chi connectivity index (χ3n) is 5.24. The van der Waals surface area contributed by atoms with Crippen molar-refractivity contribution in [3.05, 3.63) is 71.5 Å². The van der Waals surface area contributed by atoms with E-state index in [1.165, 1.54) is 16.5 Å². The standard InChI is InChI=1S/C24H27ClN4/c1-2-13-29(17-18-4-7-22-19(15-18)8-11-27-22)14-3-10-26-23-9-12-28-24-16-20(25)5-6-21(23)24/h4-9,11-12,15-16,27H,2-3,10,13-14,17H2,1H3,(H,26,28). The average molecular weight is 407 g/mol. The molecule has 150 valence electrons. The number of fused-ring (bicyclic) bond motifs is 2. The van der Waals surface area contributed by atoms with Gasteiger partial charge in [0.25, 0.3) is 0 Å². The SMILES string of the molecule is CCCN(CCCNc1ccnc2cc(Cl)ccc12)Cc1ccc2[nH]ccc2c1. The van der Waals surface area contributed by atoms with Crippen molar-refractivity contribution in [1.29, 1.82) is 0 Å². The Morgan fingerprint density at radius 1 is 1.07 bits per heavy atom. The van der Waals surface area contributed by atoms with Crippen LogP contribution in [0.5, 0.6) is 0 Å². The van der Waals surface area contributed by atoms with Gasteiger partial charge in [-0.05, 0) is 72.8 Å². The van der Waals surface area contributed by atoms with E-state index >= 15 is 0 Å². The molecule has 0 atom stereocenters. The first-order valence-electron chi connectivity index (χ1n) is 10.3. The highest BCUT2D eigenvalue weighted by molar-refractivity contribution is 6.31. The van der Waals surface area contributed by atoms with E-state index in [0.29, 0.717) is 0 Å². The molecule has 0 aliphatic rings. The number of H-pyrrole nitrogens is 1. The molecule has 2 N–H and O–H groups in total. The van der Waals surface area contributed by atoms with Crippen LogP contribution in [-0.4, -0.2) is 34.5 Å². The number of anilines is 1. The van der Waals surface area contributed by atoms with Crippen LogP contribution in [0.2, 0.25) is 5.02 Å². The fraction of sp³-hybridized carbons (Fsp3) is 0.292.